The third kappa shape index (κ3) is 9.81. The molecule has 3 rings (SSSR count). The molecule has 0 radical (unpaired) electrons. The standard InChI is InChI=1S/C27H29N5O4.CH4O3S/c1-15(27(2,3)4)31-24(33)17-9-12-19(21(14-17)26(35)36)20-6-5-13-30-22(20)25(34)32-18-10-7-16(8-11-18)23(28)29;1-5(2,3)4/h5-15H,1-4H3,(H3,28,29)(H,31,33)(H,32,34)(H,35,36);1H3,(H,2,3,4). The van der Waals surface area contributed by atoms with Crippen molar-refractivity contribution in [2.75, 3.05) is 11.6 Å². The summed E-state index contributed by atoms with van der Waals surface area (Å²) in [4.78, 5) is 42.1. The van der Waals surface area contributed by atoms with Crippen molar-refractivity contribution in [3.05, 3.63) is 83.2 Å². The number of anilines is 1. The average molecular weight is 584 g/mol. The summed E-state index contributed by atoms with van der Waals surface area (Å²) in [6.07, 6.45) is 2.15. The van der Waals surface area contributed by atoms with Gasteiger partial charge in [-0.15, -0.1) is 0 Å². The van der Waals surface area contributed by atoms with Gasteiger partial charge < -0.3 is 21.5 Å². The van der Waals surface area contributed by atoms with Gasteiger partial charge in [-0.3, -0.25) is 24.5 Å². The fraction of sp³-hybridized carbons (Fsp3) is 0.250. The number of aromatic carboxylic acids is 1. The molecule has 41 heavy (non-hydrogen) atoms. The maximum Gasteiger partial charge on any atom is 0.336 e. The highest BCUT2D eigenvalue weighted by Gasteiger charge is 2.24. The van der Waals surface area contributed by atoms with Crippen LogP contribution >= 0.6 is 0 Å². The lowest BCUT2D eigenvalue weighted by Gasteiger charge is -2.28. The number of pyridine rings is 1. The average Bonchev–Trinajstić information content (AvgIpc) is 2.87. The van der Waals surface area contributed by atoms with E-state index in [0.717, 1.165) is 0 Å². The molecular formula is C28H33N5O7S. The molecule has 0 fully saturated rings. The van der Waals surface area contributed by atoms with E-state index >= 15 is 0 Å². The molecule has 7 N–H and O–H groups in total. The fourth-order valence-electron chi connectivity index (χ4n) is 3.32. The smallest absolute Gasteiger partial charge is 0.336 e. The van der Waals surface area contributed by atoms with Crippen molar-refractivity contribution in [3.8, 4) is 11.1 Å². The van der Waals surface area contributed by atoms with Crippen molar-refractivity contribution in [1.82, 2.24) is 10.3 Å². The minimum absolute atomic E-state index is 0.0224. The first-order valence-corrected chi connectivity index (χ1v) is 14.0. The van der Waals surface area contributed by atoms with E-state index in [4.69, 9.17) is 15.7 Å². The largest absolute Gasteiger partial charge is 0.478 e. The number of hydrogen-bond acceptors (Lipinski definition) is 7. The minimum Gasteiger partial charge on any atom is -0.478 e. The molecule has 0 aliphatic carbocycles. The lowest BCUT2D eigenvalue weighted by Crippen LogP contribution is -2.41. The van der Waals surface area contributed by atoms with Crippen molar-refractivity contribution < 1.29 is 32.5 Å². The SMILES string of the molecule is CC(NC(=O)c1ccc(-c2cccnc2C(=O)Nc2ccc(C(=N)N)cc2)c(C(=O)O)c1)C(C)(C)C.CS(=O)(=O)O. The van der Waals surface area contributed by atoms with Crippen LogP contribution in [-0.4, -0.2) is 59.0 Å². The molecule has 2 aromatic carbocycles. The topological polar surface area (TPSA) is 213 Å². The molecule has 0 saturated carbocycles. The van der Waals surface area contributed by atoms with Crippen LogP contribution in [0.2, 0.25) is 0 Å². The number of benzene rings is 2. The zero-order valence-corrected chi connectivity index (χ0v) is 24.0. The molecule has 12 nitrogen and oxygen atoms in total. The van der Waals surface area contributed by atoms with Gasteiger partial charge in [0.25, 0.3) is 21.9 Å². The van der Waals surface area contributed by atoms with Gasteiger partial charge >= 0.3 is 5.97 Å². The number of amides is 2. The van der Waals surface area contributed by atoms with Crippen LogP contribution < -0.4 is 16.4 Å². The highest BCUT2D eigenvalue weighted by atomic mass is 32.2. The molecule has 0 saturated heterocycles. The second kappa shape index (κ2) is 13.2. The van der Waals surface area contributed by atoms with E-state index in [1.54, 1.807) is 36.4 Å². The Morgan fingerprint density at radius 3 is 2.05 bits per heavy atom. The summed E-state index contributed by atoms with van der Waals surface area (Å²) in [5.41, 5.74) is 6.93. The number of aromatic nitrogens is 1. The molecule has 0 spiro atoms. The molecule has 3 aromatic rings. The molecule has 218 valence electrons. The van der Waals surface area contributed by atoms with E-state index in [0.29, 0.717) is 23.1 Å². The van der Waals surface area contributed by atoms with E-state index in [9.17, 15) is 27.9 Å². The van der Waals surface area contributed by atoms with Crippen LogP contribution in [0.4, 0.5) is 5.69 Å². The second-order valence-electron chi connectivity index (χ2n) is 10.2. The van der Waals surface area contributed by atoms with Crippen LogP contribution in [0.3, 0.4) is 0 Å². The Morgan fingerprint density at radius 1 is 0.976 bits per heavy atom. The normalized spacial score (nSPS) is 11.9. The minimum atomic E-state index is -3.67. The van der Waals surface area contributed by atoms with Gasteiger partial charge in [-0.25, -0.2) is 4.79 Å². The highest BCUT2D eigenvalue weighted by Crippen LogP contribution is 2.28. The zero-order chi connectivity index (χ0) is 31.1. The van der Waals surface area contributed by atoms with Gasteiger partial charge in [0, 0.05) is 34.6 Å². The summed E-state index contributed by atoms with van der Waals surface area (Å²) >= 11 is 0. The number of nitrogens with one attached hydrogen (secondary N) is 3. The van der Waals surface area contributed by atoms with Crippen LogP contribution in [0.15, 0.2) is 60.8 Å². The maximum absolute atomic E-state index is 13.0. The number of rotatable bonds is 7. The Hall–Kier alpha value is -4.62. The lowest BCUT2D eigenvalue weighted by atomic mass is 9.88. The van der Waals surface area contributed by atoms with Crippen molar-refractivity contribution in [2.45, 2.75) is 33.7 Å². The van der Waals surface area contributed by atoms with Crippen LogP contribution in [0.1, 0.15) is 64.5 Å². The number of nitrogens with zero attached hydrogens (tertiary/aromatic N) is 1. The Labute approximate surface area is 238 Å². The van der Waals surface area contributed by atoms with E-state index in [1.807, 2.05) is 27.7 Å². The molecule has 0 bridgehead atoms. The van der Waals surface area contributed by atoms with Gasteiger partial charge in [0.1, 0.15) is 11.5 Å². The number of amidine groups is 1. The maximum atomic E-state index is 13.0. The fourth-order valence-corrected chi connectivity index (χ4v) is 3.32. The quantitative estimate of drug-likeness (QED) is 0.136. The van der Waals surface area contributed by atoms with Gasteiger partial charge in [0.05, 0.1) is 11.8 Å². The zero-order valence-electron chi connectivity index (χ0n) is 23.2. The monoisotopic (exact) mass is 583 g/mol. The van der Waals surface area contributed by atoms with Crippen molar-refractivity contribution >= 4 is 39.4 Å². The number of carbonyl (C=O) groups is 3. The van der Waals surface area contributed by atoms with E-state index in [2.05, 4.69) is 15.6 Å². The number of carboxylic acids is 1. The molecule has 0 aliphatic rings. The predicted molar refractivity (Wildman–Crippen MR) is 156 cm³/mol. The van der Waals surface area contributed by atoms with Crippen molar-refractivity contribution in [1.29, 1.82) is 5.41 Å². The summed E-state index contributed by atoms with van der Waals surface area (Å²) in [6.45, 7) is 7.88. The molecule has 2 amide bonds. The summed E-state index contributed by atoms with van der Waals surface area (Å²) in [7, 11) is -3.67. The van der Waals surface area contributed by atoms with Gasteiger partial charge in [-0.05, 0) is 60.4 Å². The summed E-state index contributed by atoms with van der Waals surface area (Å²) in [6, 6.07) is 13.8. The third-order valence-corrected chi connectivity index (χ3v) is 5.93. The number of carboxylic acid groups (broad SMARTS) is 1. The van der Waals surface area contributed by atoms with Gasteiger partial charge in [0.2, 0.25) is 0 Å². The third-order valence-electron chi connectivity index (χ3n) is 5.93. The van der Waals surface area contributed by atoms with Crippen LogP contribution in [-0.2, 0) is 10.1 Å². The summed E-state index contributed by atoms with van der Waals surface area (Å²) in [5.74, 6) is -2.26. The van der Waals surface area contributed by atoms with Crippen molar-refractivity contribution in [3.63, 3.8) is 0 Å². The Kier molecular flexibility index (Phi) is 10.5. The molecule has 13 heteroatoms. The highest BCUT2D eigenvalue weighted by molar-refractivity contribution is 7.85. The van der Waals surface area contributed by atoms with E-state index in [-0.39, 0.29) is 45.6 Å². The Bertz CT molecular complexity index is 1560. The molecule has 1 atom stereocenters. The lowest BCUT2D eigenvalue weighted by molar-refractivity contribution is 0.0697. The Morgan fingerprint density at radius 2 is 1.54 bits per heavy atom. The van der Waals surface area contributed by atoms with Gasteiger partial charge in [-0.1, -0.05) is 32.9 Å². The molecular weight excluding hydrogens is 550 g/mol. The van der Waals surface area contributed by atoms with Crippen LogP contribution in [0, 0.1) is 10.8 Å². The van der Waals surface area contributed by atoms with E-state index < -0.39 is 22.0 Å². The first-order chi connectivity index (χ1) is 18.9. The predicted octanol–water partition coefficient (Wildman–Crippen LogP) is 3.65. The first kappa shape index (κ1) is 32.6. The first-order valence-electron chi connectivity index (χ1n) is 12.2. The van der Waals surface area contributed by atoms with Gasteiger partial charge in [-0.2, -0.15) is 8.42 Å². The molecule has 1 aromatic heterocycles. The number of nitrogens with two attached hydrogens (primary N) is 1. The Balaban J connectivity index is 0.00000108. The second-order valence-corrected chi connectivity index (χ2v) is 11.7. The molecule has 1 heterocycles. The molecule has 1 unspecified atom stereocenters. The van der Waals surface area contributed by atoms with Crippen molar-refractivity contribution in [2.24, 2.45) is 11.1 Å². The summed E-state index contributed by atoms with van der Waals surface area (Å²) < 4.78 is 25.9. The van der Waals surface area contributed by atoms with E-state index in [1.165, 1.54) is 24.4 Å². The number of carbonyl (C=O) groups excluding carboxylic acids is 2. The number of hydrogen-bond donors (Lipinski definition) is 6. The summed E-state index contributed by atoms with van der Waals surface area (Å²) in [5, 5.41) is 23.0. The molecule has 0 aliphatic heterocycles. The van der Waals surface area contributed by atoms with Gasteiger partial charge in [0.15, 0.2) is 0 Å². The van der Waals surface area contributed by atoms with Crippen LogP contribution in [0.25, 0.3) is 11.1 Å². The van der Waals surface area contributed by atoms with Crippen LogP contribution in [0.5, 0.6) is 0 Å². The number of nitrogen functional groups attached to an aromatic ring is 1.